The molecule has 2 aliphatic rings. The summed E-state index contributed by atoms with van der Waals surface area (Å²) in [6.07, 6.45) is 16.2. The first-order valence-electron chi connectivity index (χ1n) is 12.7. The maximum atomic E-state index is 13.1. The number of aryl methyl sites for hydroxylation is 2. The first kappa shape index (κ1) is 24.0. The molecule has 1 aliphatic heterocycles. The van der Waals surface area contributed by atoms with E-state index in [2.05, 4.69) is 51.3 Å². The lowest BCUT2D eigenvalue weighted by atomic mass is 9.96. The van der Waals surface area contributed by atoms with E-state index in [-0.39, 0.29) is 23.4 Å². The molecular formula is C29H32N4O3. The molecule has 7 nitrogen and oxygen atoms in total. The Morgan fingerprint density at radius 1 is 0.944 bits per heavy atom. The van der Waals surface area contributed by atoms with Crippen molar-refractivity contribution in [2.45, 2.75) is 63.5 Å². The molecule has 0 saturated heterocycles. The predicted molar refractivity (Wildman–Crippen MR) is 141 cm³/mol. The third kappa shape index (κ3) is 4.83. The Balaban J connectivity index is 1.58. The molecule has 1 N–H and O–H groups in total. The van der Waals surface area contributed by atoms with Crippen molar-refractivity contribution < 1.29 is 9.90 Å². The van der Waals surface area contributed by atoms with Crippen molar-refractivity contribution in [1.82, 2.24) is 14.3 Å². The topological polar surface area (TPSA) is 89.5 Å². The Morgan fingerprint density at radius 3 is 2.39 bits per heavy atom. The monoisotopic (exact) mass is 484 g/mol. The number of ketones is 1. The van der Waals surface area contributed by atoms with E-state index < -0.39 is 11.2 Å². The van der Waals surface area contributed by atoms with E-state index in [0.29, 0.717) is 13.0 Å². The highest BCUT2D eigenvalue weighted by Gasteiger charge is 2.36. The van der Waals surface area contributed by atoms with Crippen molar-refractivity contribution in [2.24, 2.45) is 4.99 Å². The van der Waals surface area contributed by atoms with Gasteiger partial charge in [-0.05, 0) is 60.9 Å². The molecular weight excluding hydrogens is 452 g/mol. The Kier molecular flexibility index (Phi) is 6.72. The van der Waals surface area contributed by atoms with Crippen LogP contribution in [0.2, 0.25) is 0 Å². The fourth-order valence-electron chi connectivity index (χ4n) is 5.56. The number of hydrogen-bond acceptors (Lipinski definition) is 5. The number of rotatable bonds is 0. The molecule has 0 unspecified atom stereocenters. The van der Waals surface area contributed by atoms with Crippen molar-refractivity contribution >= 4 is 17.6 Å². The van der Waals surface area contributed by atoms with Crippen molar-refractivity contribution in [3.05, 3.63) is 87.6 Å². The van der Waals surface area contributed by atoms with Gasteiger partial charge in [-0.1, -0.05) is 43.2 Å². The number of carbonyl (C=O) groups is 1. The second kappa shape index (κ2) is 10.1. The number of Topliss-reactive ketones (excluding diaryl/α,β-unsaturated/α-hetero) is 1. The van der Waals surface area contributed by atoms with Gasteiger partial charge in [0.2, 0.25) is 0 Å². The van der Waals surface area contributed by atoms with Crippen LogP contribution in [0.5, 0.6) is 5.75 Å². The van der Waals surface area contributed by atoms with E-state index >= 15 is 0 Å². The Morgan fingerprint density at radius 2 is 1.67 bits per heavy atom. The summed E-state index contributed by atoms with van der Waals surface area (Å²) in [7, 11) is 1.82. The number of aromatic nitrogens is 3. The molecule has 5 rings (SSSR count). The Labute approximate surface area is 210 Å². The van der Waals surface area contributed by atoms with Crippen LogP contribution in [0.25, 0.3) is 6.08 Å². The van der Waals surface area contributed by atoms with E-state index in [0.717, 1.165) is 60.9 Å². The van der Waals surface area contributed by atoms with Gasteiger partial charge in [-0.25, -0.2) is 0 Å². The summed E-state index contributed by atoms with van der Waals surface area (Å²) in [6, 6.07) is 10.2. The molecule has 0 amide bonds. The fourth-order valence-corrected chi connectivity index (χ4v) is 5.56. The third-order valence-electron chi connectivity index (χ3n) is 7.61. The molecule has 3 heterocycles. The van der Waals surface area contributed by atoms with Crippen LogP contribution < -0.4 is 5.43 Å². The lowest BCUT2D eigenvalue weighted by Gasteiger charge is -2.32. The molecule has 1 fully saturated rings. The molecule has 1 aromatic carbocycles. The zero-order valence-corrected chi connectivity index (χ0v) is 20.7. The Hall–Kier alpha value is -3.74. The van der Waals surface area contributed by atoms with E-state index in [1.165, 1.54) is 6.20 Å². The summed E-state index contributed by atoms with van der Waals surface area (Å²) >= 11 is 0. The number of aliphatic imine (C=N–C) groups is 1. The van der Waals surface area contributed by atoms with E-state index in [9.17, 15) is 14.7 Å². The molecule has 0 atom stereocenters. The summed E-state index contributed by atoms with van der Waals surface area (Å²) < 4.78 is 3.82. The zero-order valence-electron chi connectivity index (χ0n) is 20.7. The molecule has 0 radical (unpaired) electrons. The van der Waals surface area contributed by atoms with Gasteiger partial charge in [-0.3, -0.25) is 19.3 Å². The third-order valence-corrected chi connectivity index (χ3v) is 7.61. The highest BCUT2D eigenvalue weighted by Crippen LogP contribution is 2.38. The van der Waals surface area contributed by atoms with Crippen molar-refractivity contribution in [3.8, 4) is 5.75 Å². The Bertz CT molecular complexity index is 1390. The average Bonchev–Trinajstić information content (AvgIpc) is 3.55. The fraction of sp³-hybridized carbons (Fsp3) is 0.379. The minimum atomic E-state index is -0.698. The number of benzene rings is 1. The summed E-state index contributed by atoms with van der Waals surface area (Å²) in [4.78, 5) is 30.3. The second-order valence-corrected chi connectivity index (χ2v) is 9.91. The maximum absolute atomic E-state index is 13.1. The lowest BCUT2D eigenvalue weighted by molar-refractivity contribution is 0.0972. The molecule has 3 aromatic rings. The zero-order chi connectivity index (χ0) is 25.1. The normalized spacial score (nSPS) is 20.1. The smallest absolute Gasteiger partial charge is 0.252 e. The lowest BCUT2D eigenvalue weighted by Crippen LogP contribution is -2.36. The summed E-state index contributed by atoms with van der Waals surface area (Å²) in [5, 5.41) is 14.9. The van der Waals surface area contributed by atoms with Crippen molar-refractivity contribution in [3.63, 3.8) is 0 Å². The molecule has 1 saturated carbocycles. The highest BCUT2D eigenvalue weighted by molar-refractivity contribution is 5.98. The summed E-state index contributed by atoms with van der Waals surface area (Å²) in [6.45, 7) is 0.476. The van der Waals surface area contributed by atoms with Gasteiger partial charge in [-0.15, -0.1) is 0 Å². The van der Waals surface area contributed by atoms with Crippen LogP contribution in [0.1, 0.15) is 65.7 Å². The number of allylic oxidation sites excluding steroid dienone is 1. The van der Waals surface area contributed by atoms with Crippen LogP contribution >= 0.6 is 0 Å². The maximum Gasteiger partial charge on any atom is 0.252 e. The van der Waals surface area contributed by atoms with Crippen LogP contribution in [0, 0.1) is 0 Å². The van der Waals surface area contributed by atoms with Gasteiger partial charge in [0.1, 0.15) is 0 Å². The van der Waals surface area contributed by atoms with E-state index in [1.807, 2.05) is 25.2 Å². The van der Waals surface area contributed by atoms with Gasteiger partial charge in [0, 0.05) is 31.6 Å². The van der Waals surface area contributed by atoms with Crippen LogP contribution in [0.15, 0.2) is 64.8 Å². The van der Waals surface area contributed by atoms with Gasteiger partial charge in [0.25, 0.3) is 5.43 Å². The van der Waals surface area contributed by atoms with Crippen LogP contribution in [0.3, 0.4) is 0 Å². The van der Waals surface area contributed by atoms with E-state index in [1.54, 1.807) is 4.68 Å². The van der Waals surface area contributed by atoms with Crippen molar-refractivity contribution in [1.29, 1.82) is 0 Å². The van der Waals surface area contributed by atoms with Gasteiger partial charge in [-0.2, -0.15) is 5.10 Å². The number of aromatic hydroxyl groups is 1. The first-order chi connectivity index (χ1) is 17.5. The molecule has 7 heteroatoms. The summed E-state index contributed by atoms with van der Waals surface area (Å²) in [5.41, 5.74) is 3.25. The number of hydrogen-bond donors (Lipinski definition) is 1. The predicted octanol–water partition coefficient (Wildman–Crippen LogP) is 4.57. The minimum absolute atomic E-state index is 0.156. The molecule has 186 valence electrons. The van der Waals surface area contributed by atoms with Crippen molar-refractivity contribution in [2.75, 3.05) is 7.05 Å². The second-order valence-electron chi connectivity index (χ2n) is 9.91. The van der Waals surface area contributed by atoms with Gasteiger partial charge < -0.3 is 9.67 Å². The molecule has 36 heavy (non-hydrogen) atoms. The van der Waals surface area contributed by atoms with Crippen LogP contribution in [-0.2, 0) is 24.9 Å². The largest absolute Gasteiger partial charge is 0.503 e. The quantitative estimate of drug-likeness (QED) is 0.506. The number of carbonyl (C=O) groups excluding carboxylic acids is 1. The molecule has 2 aromatic heterocycles. The van der Waals surface area contributed by atoms with Crippen LogP contribution in [0.4, 0.5) is 0 Å². The van der Waals surface area contributed by atoms with Crippen LogP contribution in [-0.4, -0.2) is 38.0 Å². The van der Waals surface area contributed by atoms with Gasteiger partial charge in [0.15, 0.2) is 17.2 Å². The average molecular weight is 485 g/mol. The van der Waals surface area contributed by atoms with Gasteiger partial charge in [0.05, 0.1) is 18.3 Å². The first-order valence-corrected chi connectivity index (χ1v) is 12.7. The van der Waals surface area contributed by atoms with Gasteiger partial charge >= 0.3 is 0 Å². The van der Waals surface area contributed by atoms with E-state index in [4.69, 9.17) is 0 Å². The standard InChI is InChI=1S/C29H32N4O3/c1-30-24-11-8-21-14-17-32(18-21)29(15-4-5-16-29)20-33-19-26(35)28(36)27(31-33)25(34)13-10-23-7-3-2-6-22(23)9-12-24/h2-3,6-8,11,14,17-19,35H,4-5,9-10,12-13,15-16,20H2,1H3/b11-8-,30-24+. The number of fused-ring (bicyclic) bond motifs is 6. The molecule has 1 spiro atoms. The number of nitrogens with zero attached hydrogens (tertiary/aromatic N) is 4. The minimum Gasteiger partial charge on any atom is -0.503 e. The summed E-state index contributed by atoms with van der Waals surface area (Å²) in [5.74, 6) is -0.776. The SMILES string of the molecule is C/N=C1\C=C/c2ccn(c2)C2(CCCC2)Cn2cc(O)c(=O)c(n2)C(=O)CCc2ccccc2CC1. The molecule has 1 aliphatic carbocycles. The highest BCUT2D eigenvalue weighted by atomic mass is 16.3. The molecule has 4 bridgehead atoms.